The molecule has 0 aromatic carbocycles. The second-order valence-electron chi connectivity index (χ2n) is 19.9. The minimum absolute atomic E-state index is 0.0196. The number of pyridine rings is 2. The van der Waals surface area contributed by atoms with Crippen LogP contribution in [0.15, 0.2) is 73.3 Å². The van der Waals surface area contributed by atoms with Crippen LogP contribution in [0.1, 0.15) is 145 Å². The van der Waals surface area contributed by atoms with Gasteiger partial charge in [-0.15, -0.1) is 0 Å². The van der Waals surface area contributed by atoms with Crippen LogP contribution in [0.5, 0.6) is 0 Å². The molecule has 5 aliphatic rings. The third kappa shape index (κ3) is 6.10. The molecule has 2 aromatic heterocycles. The average Bonchev–Trinajstić information content (AvgIpc) is 3.54. The molecule has 0 spiro atoms. The fourth-order valence-electron chi connectivity index (χ4n) is 14.5. The summed E-state index contributed by atoms with van der Waals surface area (Å²) in [7, 11) is 0. The minimum Gasteiger partial charge on any atom is -0.460 e. The summed E-state index contributed by atoms with van der Waals surface area (Å²) in [6, 6.07) is 11.3. The molecule has 2 aromatic rings. The van der Waals surface area contributed by atoms with Gasteiger partial charge in [-0.2, -0.15) is 9.13 Å². The summed E-state index contributed by atoms with van der Waals surface area (Å²) in [6.45, 7) is 24.3. The number of aromatic nitrogens is 2. The van der Waals surface area contributed by atoms with E-state index in [4.69, 9.17) is 9.47 Å². The zero-order valence-corrected chi connectivity index (χ0v) is 34.8. The van der Waals surface area contributed by atoms with Crippen molar-refractivity contribution in [2.75, 3.05) is 6.61 Å². The van der Waals surface area contributed by atoms with E-state index in [0.29, 0.717) is 49.0 Å². The summed E-state index contributed by atoms with van der Waals surface area (Å²) < 4.78 is 17.0. The van der Waals surface area contributed by atoms with Gasteiger partial charge in [0.25, 0.3) is 12.1 Å². The van der Waals surface area contributed by atoms with Crippen LogP contribution in [0.25, 0.3) is 0 Å². The van der Waals surface area contributed by atoms with E-state index in [2.05, 4.69) is 62.0 Å². The Hall–Kier alpha value is -3.02. The molecule has 0 saturated heterocycles. The van der Waals surface area contributed by atoms with Crippen LogP contribution in [-0.2, 0) is 19.1 Å². The van der Waals surface area contributed by atoms with Crippen molar-refractivity contribution in [2.45, 2.75) is 151 Å². The molecule has 0 N–H and O–H groups in total. The van der Waals surface area contributed by atoms with Gasteiger partial charge in [0, 0.05) is 47.9 Å². The highest BCUT2D eigenvalue weighted by atomic mass is 16.5. The fraction of sp³-hybridized carbons (Fsp3) is 0.708. The van der Waals surface area contributed by atoms with Gasteiger partial charge in [0.05, 0.1) is 6.61 Å². The molecule has 0 radical (unpaired) electrons. The quantitative estimate of drug-likeness (QED) is 0.138. The van der Waals surface area contributed by atoms with Crippen molar-refractivity contribution in [1.82, 2.24) is 0 Å². The van der Waals surface area contributed by atoms with E-state index in [1.54, 1.807) is 0 Å². The van der Waals surface area contributed by atoms with E-state index in [-0.39, 0.29) is 57.2 Å². The van der Waals surface area contributed by atoms with Crippen molar-refractivity contribution < 1.29 is 28.2 Å². The Labute approximate surface area is 326 Å². The first kappa shape index (κ1) is 39.2. The standard InChI is InChI=1S/C48H70N2O4/c1-10-36(49-28-14-12-15-29-49)42(51)53-32-48-25-20-34(33(3)4)41(48)35-18-19-39-45(7)23-22-40(54-43(52)37(11-2)50-30-16-13-17-31-50)44(5,6)38(45)21-24-47(39,9)46(35,8)26-27-48/h12-17,28-31,34-41H,3,10-11,18-27,32H2,1-2,4-9H3/q+2/t34-,35?,36?,37?,38?,39?,40-,41?,45-,46+,47+,48+/m0/s1. The molecule has 6 heteroatoms. The molecule has 0 aliphatic heterocycles. The molecule has 5 saturated carbocycles. The van der Waals surface area contributed by atoms with Crippen LogP contribution in [0.4, 0.5) is 0 Å². The van der Waals surface area contributed by atoms with Gasteiger partial charge >= 0.3 is 11.9 Å². The van der Waals surface area contributed by atoms with Gasteiger partial charge in [0.2, 0.25) is 0 Å². The largest absolute Gasteiger partial charge is 0.460 e. The van der Waals surface area contributed by atoms with E-state index in [1.807, 2.05) is 70.3 Å². The molecule has 7 rings (SSSR count). The van der Waals surface area contributed by atoms with Gasteiger partial charge in [0.15, 0.2) is 24.8 Å². The summed E-state index contributed by atoms with van der Waals surface area (Å²) in [5.74, 6) is 2.52. The van der Waals surface area contributed by atoms with Gasteiger partial charge < -0.3 is 9.47 Å². The number of nitrogens with zero attached hydrogens (tertiary/aromatic N) is 2. The van der Waals surface area contributed by atoms with Crippen LogP contribution < -0.4 is 9.13 Å². The molecule has 2 heterocycles. The van der Waals surface area contributed by atoms with Crippen molar-refractivity contribution in [2.24, 2.45) is 56.7 Å². The number of fused-ring (bicyclic) bond motifs is 7. The van der Waals surface area contributed by atoms with Gasteiger partial charge in [-0.05, 0) is 117 Å². The lowest BCUT2D eigenvalue weighted by molar-refractivity contribution is -0.711. The monoisotopic (exact) mass is 739 g/mol. The fourth-order valence-corrected chi connectivity index (χ4v) is 14.5. The van der Waals surface area contributed by atoms with E-state index >= 15 is 0 Å². The second-order valence-corrected chi connectivity index (χ2v) is 19.9. The first-order chi connectivity index (χ1) is 25.7. The van der Waals surface area contributed by atoms with E-state index in [0.717, 1.165) is 32.1 Å². The molecule has 5 fully saturated rings. The lowest BCUT2D eigenvalue weighted by Crippen LogP contribution is -2.67. The van der Waals surface area contributed by atoms with Crippen LogP contribution in [0.2, 0.25) is 0 Å². The van der Waals surface area contributed by atoms with E-state index in [9.17, 15) is 9.59 Å². The van der Waals surface area contributed by atoms with Crippen LogP contribution in [0, 0.1) is 56.7 Å². The number of rotatable bonds is 10. The van der Waals surface area contributed by atoms with E-state index in [1.165, 1.54) is 37.7 Å². The van der Waals surface area contributed by atoms with Crippen LogP contribution >= 0.6 is 0 Å². The highest BCUT2D eigenvalue weighted by molar-refractivity contribution is 5.73. The lowest BCUT2D eigenvalue weighted by Gasteiger charge is -2.73. The zero-order valence-electron chi connectivity index (χ0n) is 34.8. The first-order valence-corrected chi connectivity index (χ1v) is 21.6. The molecule has 294 valence electrons. The maximum atomic E-state index is 13.8. The molecule has 54 heavy (non-hydrogen) atoms. The number of hydrogen-bond acceptors (Lipinski definition) is 4. The minimum atomic E-state index is -0.295. The number of carbonyl (C=O) groups is 2. The third-order valence-electron chi connectivity index (χ3n) is 17.5. The molecule has 6 unspecified atom stereocenters. The molecule has 6 nitrogen and oxygen atoms in total. The Bertz CT molecular complexity index is 1690. The lowest BCUT2D eigenvalue weighted by atomic mass is 9.32. The maximum Gasteiger partial charge on any atom is 0.376 e. The van der Waals surface area contributed by atoms with E-state index < -0.39 is 0 Å². The van der Waals surface area contributed by atoms with Crippen molar-refractivity contribution in [3.63, 3.8) is 0 Å². The third-order valence-corrected chi connectivity index (χ3v) is 17.5. The first-order valence-electron chi connectivity index (χ1n) is 21.6. The van der Waals surface area contributed by atoms with Gasteiger partial charge in [0.1, 0.15) is 6.10 Å². The Kier molecular flexibility index (Phi) is 10.5. The number of hydrogen-bond donors (Lipinski definition) is 0. The predicted octanol–water partition coefficient (Wildman–Crippen LogP) is 9.98. The smallest absolute Gasteiger partial charge is 0.376 e. The SMILES string of the molecule is C=C(C)[C@@H]1CC[C@]2(COC(=O)C(CC)[n+]3ccccc3)CC[C@]3(C)C(CCC4[C@@]5(C)CC[C@H](OC(=O)C(CC)[n+]6ccccc6)C(C)(C)C5CC[C@]43C)C12. The topological polar surface area (TPSA) is 60.4 Å². The maximum absolute atomic E-state index is 13.8. The number of ether oxygens (including phenoxy) is 2. The highest BCUT2D eigenvalue weighted by Gasteiger charge is 2.71. The Morgan fingerprint density at radius 1 is 0.704 bits per heavy atom. The number of esters is 2. The molecule has 12 atom stereocenters. The Balaban J connectivity index is 1.12. The van der Waals surface area contributed by atoms with Crippen molar-refractivity contribution >= 4 is 11.9 Å². The highest BCUT2D eigenvalue weighted by Crippen LogP contribution is 2.77. The van der Waals surface area contributed by atoms with Crippen molar-refractivity contribution in [3.8, 4) is 0 Å². The zero-order chi connectivity index (χ0) is 38.7. The number of allylic oxidation sites excluding steroid dienone is 1. The van der Waals surface area contributed by atoms with Gasteiger partial charge in [-0.25, -0.2) is 9.59 Å². The second kappa shape index (κ2) is 14.5. The summed E-state index contributed by atoms with van der Waals surface area (Å²) in [4.78, 5) is 27.5. The summed E-state index contributed by atoms with van der Waals surface area (Å²) in [5, 5.41) is 0. The van der Waals surface area contributed by atoms with Crippen molar-refractivity contribution in [3.05, 3.63) is 73.3 Å². The normalized spacial score (nSPS) is 39.1. The molecule has 0 amide bonds. The summed E-state index contributed by atoms with van der Waals surface area (Å²) >= 11 is 0. The molecular formula is C48H70N2O4+2. The average molecular weight is 739 g/mol. The van der Waals surface area contributed by atoms with Gasteiger partial charge in [-0.1, -0.05) is 72.8 Å². The van der Waals surface area contributed by atoms with Crippen molar-refractivity contribution in [1.29, 1.82) is 0 Å². The molecular weight excluding hydrogens is 669 g/mol. The Morgan fingerprint density at radius 2 is 1.31 bits per heavy atom. The van der Waals surface area contributed by atoms with Crippen LogP contribution in [0.3, 0.4) is 0 Å². The Morgan fingerprint density at radius 3 is 1.91 bits per heavy atom. The molecule has 5 aliphatic carbocycles. The van der Waals surface area contributed by atoms with Gasteiger partial charge in [-0.3, -0.25) is 0 Å². The predicted molar refractivity (Wildman–Crippen MR) is 212 cm³/mol. The summed E-state index contributed by atoms with van der Waals surface area (Å²) in [5.41, 5.74) is 1.87. The molecule has 0 bridgehead atoms. The summed E-state index contributed by atoms with van der Waals surface area (Å²) in [6.07, 6.45) is 20.9. The number of carbonyl (C=O) groups excluding carboxylic acids is 2. The van der Waals surface area contributed by atoms with Crippen LogP contribution in [-0.4, -0.2) is 24.6 Å².